The molecule has 0 aliphatic rings. The Balaban J connectivity index is 2.87. The Kier molecular flexibility index (Phi) is 6.16. The molecule has 1 unspecified atom stereocenters. The van der Waals surface area contributed by atoms with Gasteiger partial charge in [-0.15, -0.1) is 6.58 Å². The van der Waals surface area contributed by atoms with Crippen LogP contribution in [0.1, 0.15) is 11.3 Å². The van der Waals surface area contributed by atoms with Crippen LogP contribution in [-0.4, -0.2) is 25.9 Å². The highest BCUT2D eigenvalue weighted by atomic mass is 31.2. The first kappa shape index (κ1) is 14.1. The molecular weight excluding hydrogens is 237 g/mol. The van der Waals surface area contributed by atoms with Gasteiger partial charge in [0.25, 0.3) is 0 Å². The number of phenolic OH excluding ortho intramolecular Hbond substituents is 1. The maximum Gasteiger partial charge on any atom is 0.193 e. The van der Waals surface area contributed by atoms with Gasteiger partial charge in [0.2, 0.25) is 0 Å². The summed E-state index contributed by atoms with van der Waals surface area (Å²) in [6.45, 7) is 4.34. The molecule has 1 rings (SSSR count). The first-order valence-electron chi connectivity index (χ1n) is 5.23. The third-order valence-corrected chi connectivity index (χ3v) is 3.86. The van der Waals surface area contributed by atoms with E-state index in [0.717, 1.165) is 5.56 Å². The van der Waals surface area contributed by atoms with Gasteiger partial charge in [-0.05, 0) is 17.7 Å². The minimum absolute atomic E-state index is 0.0430. The van der Waals surface area contributed by atoms with Crippen LogP contribution in [0.3, 0.4) is 0 Å². The smallest absolute Gasteiger partial charge is 0.193 e. The fourth-order valence-corrected chi connectivity index (χ4v) is 2.69. The molecule has 1 aromatic rings. The normalized spacial score (nSPS) is 12.6. The van der Waals surface area contributed by atoms with E-state index in [1.807, 2.05) is 12.1 Å². The molecule has 0 radical (unpaired) electrons. The molecule has 0 heterocycles. The quantitative estimate of drug-likeness (QED) is 0.581. The minimum atomic E-state index is -1.06. The molecule has 0 saturated carbocycles. The second-order valence-electron chi connectivity index (χ2n) is 3.34. The lowest BCUT2D eigenvalue weighted by molar-refractivity contribution is 0.325. The van der Waals surface area contributed by atoms with E-state index in [1.165, 1.54) is 0 Å². The Morgan fingerprint density at radius 3 is 2.41 bits per heavy atom. The molecule has 1 atom stereocenters. The molecule has 94 valence electrons. The number of benzene rings is 1. The zero-order valence-corrected chi connectivity index (χ0v) is 11.0. The van der Waals surface area contributed by atoms with E-state index in [9.17, 15) is 5.11 Å². The van der Waals surface area contributed by atoms with Gasteiger partial charge < -0.3 is 14.2 Å². The summed E-state index contributed by atoms with van der Waals surface area (Å²) in [6, 6.07) is 7.00. The summed E-state index contributed by atoms with van der Waals surface area (Å²) in [4.78, 5) is 0. The Hall–Kier alpha value is -0.930. The molecule has 0 bridgehead atoms. The van der Waals surface area contributed by atoms with E-state index in [2.05, 4.69) is 11.9 Å². The van der Waals surface area contributed by atoms with Gasteiger partial charge in [-0.3, -0.25) is 5.32 Å². The largest absolute Gasteiger partial charge is 0.508 e. The predicted octanol–water partition coefficient (Wildman–Crippen LogP) is 2.77. The average molecular weight is 255 g/mol. The van der Waals surface area contributed by atoms with E-state index in [4.69, 9.17) is 9.05 Å². The Bertz CT molecular complexity index is 338. The minimum Gasteiger partial charge on any atom is -0.508 e. The zero-order valence-electron chi connectivity index (χ0n) is 10.1. The fourth-order valence-electron chi connectivity index (χ4n) is 1.45. The first-order chi connectivity index (χ1) is 8.22. The maximum atomic E-state index is 9.27. The number of nitrogens with one attached hydrogen (secondary N) is 1. The highest BCUT2D eigenvalue weighted by Gasteiger charge is 2.23. The molecule has 0 fully saturated rings. The van der Waals surface area contributed by atoms with Crippen molar-refractivity contribution in [2.45, 2.75) is 5.78 Å². The van der Waals surface area contributed by atoms with E-state index < -0.39 is 8.38 Å². The molecule has 0 spiro atoms. The molecule has 17 heavy (non-hydrogen) atoms. The first-order valence-corrected chi connectivity index (χ1v) is 6.48. The molecule has 0 aromatic heterocycles. The molecule has 2 N–H and O–H groups in total. The maximum absolute atomic E-state index is 9.27. The van der Waals surface area contributed by atoms with Crippen LogP contribution in [0, 0.1) is 0 Å². The van der Waals surface area contributed by atoms with Gasteiger partial charge in [-0.2, -0.15) is 0 Å². The summed E-state index contributed by atoms with van der Waals surface area (Å²) in [7, 11) is 2.19. The van der Waals surface area contributed by atoms with Gasteiger partial charge in [-0.25, -0.2) is 0 Å². The van der Waals surface area contributed by atoms with Crippen molar-refractivity contribution in [3.63, 3.8) is 0 Å². The summed E-state index contributed by atoms with van der Waals surface area (Å²) in [5.41, 5.74) is 1.01. The van der Waals surface area contributed by atoms with Crippen molar-refractivity contribution in [2.75, 3.05) is 20.8 Å². The van der Waals surface area contributed by atoms with Crippen LogP contribution in [-0.2, 0) is 9.05 Å². The van der Waals surface area contributed by atoms with Crippen molar-refractivity contribution in [3.05, 3.63) is 42.5 Å². The van der Waals surface area contributed by atoms with E-state index in [0.29, 0.717) is 6.54 Å². The zero-order chi connectivity index (χ0) is 12.7. The molecule has 0 aliphatic heterocycles. The van der Waals surface area contributed by atoms with E-state index in [-0.39, 0.29) is 11.5 Å². The number of aromatic hydroxyl groups is 1. The molecule has 5 heteroatoms. The van der Waals surface area contributed by atoms with Crippen molar-refractivity contribution in [1.29, 1.82) is 0 Å². The monoisotopic (exact) mass is 255 g/mol. The van der Waals surface area contributed by atoms with Crippen molar-refractivity contribution in [1.82, 2.24) is 5.32 Å². The molecule has 1 aromatic carbocycles. The highest BCUT2D eigenvalue weighted by Crippen LogP contribution is 2.50. The van der Waals surface area contributed by atoms with Gasteiger partial charge in [0.05, 0.1) is 0 Å². The summed E-state index contributed by atoms with van der Waals surface area (Å²) in [5, 5.41) is 12.6. The number of rotatable bonds is 7. The van der Waals surface area contributed by atoms with E-state index in [1.54, 1.807) is 32.4 Å². The van der Waals surface area contributed by atoms with Crippen molar-refractivity contribution in [2.24, 2.45) is 0 Å². The predicted molar refractivity (Wildman–Crippen MR) is 70.0 cm³/mol. The Morgan fingerprint density at radius 1 is 1.35 bits per heavy atom. The van der Waals surface area contributed by atoms with Gasteiger partial charge in [0, 0.05) is 20.8 Å². The highest BCUT2D eigenvalue weighted by molar-refractivity contribution is 7.47. The van der Waals surface area contributed by atoms with Crippen molar-refractivity contribution in [3.8, 4) is 5.75 Å². The lowest BCUT2D eigenvalue weighted by Gasteiger charge is -2.24. The average Bonchev–Trinajstić information content (AvgIpc) is 2.36. The molecular formula is C12H18NO3P. The topological polar surface area (TPSA) is 50.7 Å². The summed E-state index contributed by atoms with van der Waals surface area (Å²) < 4.78 is 10.7. The van der Waals surface area contributed by atoms with Crippen LogP contribution >= 0.6 is 8.38 Å². The summed E-state index contributed by atoms with van der Waals surface area (Å²) in [6.07, 6.45) is 1.78. The van der Waals surface area contributed by atoms with Crippen LogP contribution in [0.15, 0.2) is 36.9 Å². The van der Waals surface area contributed by atoms with Crippen LogP contribution < -0.4 is 5.32 Å². The molecule has 0 amide bonds. The number of hydrogen-bond donors (Lipinski definition) is 2. The fraction of sp³-hybridized carbons (Fsp3) is 0.333. The van der Waals surface area contributed by atoms with Crippen molar-refractivity contribution >= 4 is 8.38 Å². The second kappa shape index (κ2) is 7.41. The Morgan fingerprint density at radius 2 is 1.94 bits per heavy atom. The summed E-state index contributed by atoms with van der Waals surface area (Å²) in [5.74, 6) is 0.203. The van der Waals surface area contributed by atoms with Gasteiger partial charge in [-0.1, -0.05) is 18.2 Å². The van der Waals surface area contributed by atoms with Gasteiger partial charge >= 0.3 is 0 Å². The lowest BCUT2D eigenvalue weighted by atomic mass is 10.2. The second-order valence-corrected chi connectivity index (χ2v) is 5.16. The number of phenols is 1. The van der Waals surface area contributed by atoms with E-state index >= 15 is 0 Å². The van der Waals surface area contributed by atoms with Crippen molar-refractivity contribution < 1.29 is 14.2 Å². The third-order valence-electron chi connectivity index (χ3n) is 2.24. The SMILES string of the molecule is C=CCNC(c1ccc(O)cc1)P(OC)OC. The Labute approximate surface area is 103 Å². The lowest BCUT2D eigenvalue weighted by Crippen LogP contribution is -2.20. The molecule has 0 saturated heterocycles. The third kappa shape index (κ3) is 4.10. The number of hydrogen-bond acceptors (Lipinski definition) is 4. The van der Waals surface area contributed by atoms with Crippen LogP contribution in [0.2, 0.25) is 0 Å². The van der Waals surface area contributed by atoms with Gasteiger partial charge in [0.15, 0.2) is 8.38 Å². The van der Waals surface area contributed by atoms with Crippen LogP contribution in [0.5, 0.6) is 5.75 Å². The molecule has 4 nitrogen and oxygen atoms in total. The van der Waals surface area contributed by atoms with Gasteiger partial charge in [0.1, 0.15) is 11.5 Å². The standard InChI is InChI=1S/C12H18NO3P/c1-4-9-13-12(17(15-2)16-3)10-5-7-11(14)8-6-10/h4-8,12-14H,1,9H2,2-3H3. The summed E-state index contributed by atoms with van der Waals surface area (Å²) >= 11 is 0. The molecule has 0 aliphatic carbocycles. The van der Waals surface area contributed by atoms with Crippen LogP contribution in [0.4, 0.5) is 0 Å². The van der Waals surface area contributed by atoms with Crippen LogP contribution in [0.25, 0.3) is 0 Å².